The van der Waals surface area contributed by atoms with Gasteiger partial charge in [0.15, 0.2) is 11.5 Å². The molecule has 0 bridgehead atoms. The van der Waals surface area contributed by atoms with Gasteiger partial charge in [0.1, 0.15) is 5.54 Å². The Morgan fingerprint density at radius 3 is 2.30 bits per heavy atom. The molecule has 0 aliphatic carbocycles. The molecule has 1 N–H and O–H groups in total. The Balaban J connectivity index is 1.99. The Hall–Kier alpha value is -3.02. The molecule has 3 rings (SSSR count). The van der Waals surface area contributed by atoms with Crippen LogP contribution < -0.4 is 14.8 Å². The summed E-state index contributed by atoms with van der Waals surface area (Å²) in [7, 11) is 3.13. The monoisotopic (exact) mass is 368 g/mol. The normalized spacial score (nSPS) is 20.4. The van der Waals surface area contributed by atoms with Gasteiger partial charge < -0.3 is 14.8 Å². The van der Waals surface area contributed by atoms with Crippen LogP contribution in [0.5, 0.6) is 11.5 Å². The van der Waals surface area contributed by atoms with Gasteiger partial charge in [-0.2, -0.15) is 0 Å². The van der Waals surface area contributed by atoms with Gasteiger partial charge in [0.2, 0.25) is 0 Å². The number of methoxy groups -OCH3 is 2. The van der Waals surface area contributed by atoms with E-state index >= 15 is 0 Å². The van der Waals surface area contributed by atoms with Gasteiger partial charge in [0.05, 0.1) is 20.3 Å². The predicted molar refractivity (Wildman–Crippen MR) is 102 cm³/mol. The molecule has 0 aromatic heterocycles. The van der Waals surface area contributed by atoms with Crippen molar-refractivity contribution >= 4 is 11.9 Å². The molecule has 1 saturated heterocycles. The number of rotatable bonds is 6. The van der Waals surface area contributed by atoms with E-state index in [0.29, 0.717) is 17.9 Å². The lowest BCUT2D eigenvalue weighted by Crippen LogP contribution is -2.41. The summed E-state index contributed by atoms with van der Waals surface area (Å²) in [5, 5.41) is 2.86. The summed E-state index contributed by atoms with van der Waals surface area (Å²) in [6, 6.07) is 13.9. The molecular formula is C21H24N2O4. The van der Waals surface area contributed by atoms with E-state index in [0.717, 1.165) is 11.1 Å². The van der Waals surface area contributed by atoms with E-state index in [1.165, 1.54) is 4.90 Å². The number of urea groups is 1. The fourth-order valence-corrected chi connectivity index (χ4v) is 3.54. The zero-order valence-electron chi connectivity index (χ0n) is 16.0. The van der Waals surface area contributed by atoms with Crippen molar-refractivity contribution in [2.75, 3.05) is 14.2 Å². The van der Waals surface area contributed by atoms with Crippen molar-refractivity contribution in [1.82, 2.24) is 10.2 Å². The molecule has 1 aliphatic heterocycles. The number of carbonyl (C=O) groups is 2. The Kier molecular flexibility index (Phi) is 5.08. The SMILES string of the molecule is CC[C@H](c1ccc(OC)c(OC)c1)N1C(=O)N[C@@](C)(c2ccccc2)C1=O. The highest BCUT2D eigenvalue weighted by Crippen LogP contribution is 2.38. The molecule has 1 heterocycles. The standard InChI is InChI=1S/C21H24N2O4/c1-5-16(14-11-12-17(26-3)18(13-14)27-4)23-19(24)21(2,22-20(23)25)15-9-7-6-8-10-15/h6-13,16H,5H2,1-4H3,(H,22,25)/t16-,21+/m1/s1. The number of amides is 3. The Labute approximate surface area is 159 Å². The summed E-state index contributed by atoms with van der Waals surface area (Å²) in [4.78, 5) is 27.4. The largest absolute Gasteiger partial charge is 0.493 e. The molecule has 142 valence electrons. The minimum Gasteiger partial charge on any atom is -0.493 e. The van der Waals surface area contributed by atoms with Crippen LogP contribution in [0.1, 0.15) is 37.4 Å². The maximum atomic E-state index is 13.3. The third-order valence-electron chi connectivity index (χ3n) is 5.06. The summed E-state index contributed by atoms with van der Waals surface area (Å²) in [5.74, 6) is 0.897. The molecule has 27 heavy (non-hydrogen) atoms. The lowest BCUT2D eigenvalue weighted by atomic mass is 9.91. The number of hydrogen-bond acceptors (Lipinski definition) is 4. The molecule has 1 fully saturated rings. The van der Waals surface area contributed by atoms with Crippen molar-refractivity contribution in [1.29, 1.82) is 0 Å². The minimum absolute atomic E-state index is 0.264. The summed E-state index contributed by atoms with van der Waals surface area (Å²) in [6.07, 6.45) is 0.583. The van der Waals surface area contributed by atoms with Gasteiger partial charge in [-0.15, -0.1) is 0 Å². The number of imide groups is 1. The number of nitrogens with one attached hydrogen (secondary N) is 1. The van der Waals surface area contributed by atoms with E-state index in [1.807, 2.05) is 49.4 Å². The highest BCUT2D eigenvalue weighted by molar-refractivity contribution is 6.07. The van der Waals surface area contributed by atoms with Gasteiger partial charge in [-0.3, -0.25) is 9.69 Å². The molecule has 0 saturated carbocycles. The van der Waals surface area contributed by atoms with Gasteiger partial charge in [-0.05, 0) is 36.6 Å². The van der Waals surface area contributed by atoms with Crippen molar-refractivity contribution < 1.29 is 19.1 Å². The van der Waals surface area contributed by atoms with Crippen molar-refractivity contribution in [2.24, 2.45) is 0 Å². The fourth-order valence-electron chi connectivity index (χ4n) is 3.54. The Bertz CT molecular complexity index is 853. The molecule has 2 atom stereocenters. The van der Waals surface area contributed by atoms with E-state index in [-0.39, 0.29) is 5.91 Å². The second-order valence-electron chi connectivity index (χ2n) is 6.63. The first kappa shape index (κ1) is 18.8. The summed E-state index contributed by atoms with van der Waals surface area (Å²) < 4.78 is 10.6. The highest BCUT2D eigenvalue weighted by atomic mass is 16.5. The number of carbonyl (C=O) groups excluding carboxylic acids is 2. The average molecular weight is 368 g/mol. The van der Waals surface area contributed by atoms with Crippen LogP contribution in [0.2, 0.25) is 0 Å². The quantitative estimate of drug-likeness (QED) is 0.791. The third-order valence-corrected chi connectivity index (χ3v) is 5.06. The first-order chi connectivity index (χ1) is 13.0. The average Bonchev–Trinajstić information content (AvgIpc) is 2.93. The summed E-state index contributed by atoms with van der Waals surface area (Å²) in [6.45, 7) is 3.68. The van der Waals surface area contributed by atoms with E-state index in [4.69, 9.17) is 9.47 Å². The van der Waals surface area contributed by atoms with E-state index < -0.39 is 17.6 Å². The summed E-state index contributed by atoms with van der Waals surface area (Å²) >= 11 is 0. The lowest BCUT2D eigenvalue weighted by Gasteiger charge is -2.27. The van der Waals surface area contributed by atoms with Crippen molar-refractivity contribution in [3.63, 3.8) is 0 Å². The molecule has 2 aromatic rings. The lowest BCUT2D eigenvalue weighted by molar-refractivity contribution is -0.132. The molecule has 2 aromatic carbocycles. The molecule has 6 nitrogen and oxygen atoms in total. The van der Waals surface area contributed by atoms with Crippen LogP contribution in [0.4, 0.5) is 4.79 Å². The van der Waals surface area contributed by atoms with Crippen LogP contribution in [0.15, 0.2) is 48.5 Å². The molecule has 0 spiro atoms. The zero-order valence-corrected chi connectivity index (χ0v) is 16.0. The van der Waals surface area contributed by atoms with Crippen LogP contribution in [0.25, 0.3) is 0 Å². The van der Waals surface area contributed by atoms with Gasteiger partial charge in [0, 0.05) is 0 Å². The molecule has 1 aliphatic rings. The van der Waals surface area contributed by atoms with Gasteiger partial charge in [0.25, 0.3) is 5.91 Å². The topological polar surface area (TPSA) is 67.9 Å². The second kappa shape index (κ2) is 7.31. The fraction of sp³-hybridized carbons (Fsp3) is 0.333. The van der Waals surface area contributed by atoms with Crippen LogP contribution >= 0.6 is 0 Å². The van der Waals surface area contributed by atoms with Crippen LogP contribution in [0.3, 0.4) is 0 Å². The molecule has 3 amide bonds. The zero-order chi connectivity index (χ0) is 19.6. The third kappa shape index (κ3) is 3.12. The van der Waals surface area contributed by atoms with E-state index in [9.17, 15) is 9.59 Å². The maximum Gasteiger partial charge on any atom is 0.325 e. The van der Waals surface area contributed by atoms with Crippen molar-refractivity contribution in [3.05, 3.63) is 59.7 Å². The summed E-state index contributed by atoms with van der Waals surface area (Å²) in [5.41, 5.74) is 0.492. The molecular weight excluding hydrogens is 344 g/mol. The first-order valence-electron chi connectivity index (χ1n) is 8.89. The van der Waals surface area contributed by atoms with E-state index in [2.05, 4.69) is 5.32 Å². The number of hydrogen-bond donors (Lipinski definition) is 1. The predicted octanol–water partition coefficient (Wildman–Crippen LogP) is 3.62. The molecule has 0 unspecified atom stereocenters. The maximum absolute atomic E-state index is 13.3. The Morgan fingerprint density at radius 2 is 1.70 bits per heavy atom. The smallest absolute Gasteiger partial charge is 0.325 e. The van der Waals surface area contributed by atoms with Gasteiger partial charge in [-0.25, -0.2) is 4.79 Å². The van der Waals surface area contributed by atoms with Gasteiger partial charge >= 0.3 is 6.03 Å². The molecule has 0 radical (unpaired) electrons. The van der Waals surface area contributed by atoms with Crippen molar-refractivity contribution in [2.45, 2.75) is 31.8 Å². The minimum atomic E-state index is -1.08. The second-order valence-corrected chi connectivity index (χ2v) is 6.63. The van der Waals surface area contributed by atoms with E-state index in [1.54, 1.807) is 27.2 Å². The van der Waals surface area contributed by atoms with Crippen molar-refractivity contribution in [3.8, 4) is 11.5 Å². The number of nitrogens with zero attached hydrogens (tertiary/aromatic N) is 1. The Morgan fingerprint density at radius 1 is 1.04 bits per heavy atom. The van der Waals surface area contributed by atoms with Crippen LogP contribution in [-0.2, 0) is 10.3 Å². The number of ether oxygens (including phenoxy) is 2. The number of benzene rings is 2. The van der Waals surface area contributed by atoms with Gasteiger partial charge in [-0.1, -0.05) is 43.3 Å². The van der Waals surface area contributed by atoms with Crippen LogP contribution in [-0.4, -0.2) is 31.1 Å². The highest BCUT2D eigenvalue weighted by Gasteiger charge is 2.51. The first-order valence-corrected chi connectivity index (χ1v) is 8.89. The molecule has 6 heteroatoms. The van der Waals surface area contributed by atoms with Crippen LogP contribution in [0, 0.1) is 0 Å².